The van der Waals surface area contributed by atoms with E-state index < -0.39 is 12.0 Å². The van der Waals surface area contributed by atoms with Gasteiger partial charge in [0, 0.05) is 18.3 Å². The summed E-state index contributed by atoms with van der Waals surface area (Å²) < 4.78 is 6.59. The molecular formula is C10H17N3O2. The molecule has 15 heavy (non-hydrogen) atoms. The molecule has 0 aromatic carbocycles. The molecule has 0 bridgehead atoms. The molecule has 1 aromatic rings. The van der Waals surface area contributed by atoms with Crippen LogP contribution in [0.3, 0.4) is 0 Å². The van der Waals surface area contributed by atoms with Gasteiger partial charge in [-0.05, 0) is 20.8 Å². The van der Waals surface area contributed by atoms with Crippen molar-refractivity contribution in [3.63, 3.8) is 0 Å². The van der Waals surface area contributed by atoms with Crippen LogP contribution in [0, 0.1) is 13.8 Å². The first-order chi connectivity index (χ1) is 6.99. The summed E-state index contributed by atoms with van der Waals surface area (Å²) in [5.74, 6) is -0.406. The third kappa shape index (κ3) is 2.18. The van der Waals surface area contributed by atoms with Crippen LogP contribution in [-0.2, 0) is 16.6 Å². The minimum absolute atomic E-state index is 0.338. The standard InChI is InChI=1S/C10H17N3O2/c1-5-15-10(14)9(11)8-6(2)12-13(4)7(8)3/h9H,5,11H2,1-4H3. The highest BCUT2D eigenvalue weighted by Gasteiger charge is 2.23. The highest BCUT2D eigenvalue weighted by atomic mass is 16.5. The summed E-state index contributed by atoms with van der Waals surface area (Å²) in [7, 11) is 1.82. The zero-order chi connectivity index (χ0) is 11.6. The molecule has 0 aliphatic carbocycles. The van der Waals surface area contributed by atoms with Crippen molar-refractivity contribution in [3.05, 3.63) is 17.0 Å². The fraction of sp³-hybridized carbons (Fsp3) is 0.600. The quantitative estimate of drug-likeness (QED) is 0.743. The summed E-state index contributed by atoms with van der Waals surface area (Å²) in [6.45, 7) is 5.81. The van der Waals surface area contributed by atoms with Gasteiger partial charge < -0.3 is 10.5 Å². The molecule has 0 aliphatic rings. The molecule has 0 fully saturated rings. The average Bonchev–Trinajstić information content (AvgIpc) is 2.41. The van der Waals surface area contributed by atoms with Crippen molar-refractivity contribution in [1.82, 2.24) is 9.78 Å². The van der Waals surface area contributed by atoms with Gasteiger partial charge in [0.05, 0.1) is 12.3 Å². The molecule has 0 saturated heterocycles. The number of rotatable bonds is 3. The van der Waals surface area contributed by atoms with Crippen molar-refractivity contribution in [1.29, 1.82) is 0 Å². The number of nitrogens with zero attached hydrogens (tertiary/aromatic N) is 2. The third-order valence-electron chi connectivity index (χ3n) is 2.42. The van der Waals surface area contributed by atoms with Gasteiger partial charge >= 0.3 is 5.97 Å². The molecule has 5 heteroatoms. The number of ether oxygens (including phenoxy) is 1. The summed E-state index contributed by atoms with van der Waals surface area (Å²) in [5.41, 5.74) is 8.24. The molecule has 1 heterocycles. The Morgan fingerprint density at radius 2 is 2.20 bits per heavy atom. The lowest BCUT2D eigenvalue weighted by atomic mass is 10.1. The van der Waals surface area contributed by atoms with Crippen LogP contribution in [0.25, 0.3) is 0 Å². The second-order valence-electron chi connectivity index (χ2n) is 3.44. The van der Waals surface area contributed by atoms with Crippen LogP contribution in [0.4, 0.5) is 0 Å². The molecule has 1 unspecified atom stereocenters. The summed E-state index contributed by atoms with van der Waals surface area (Å²) in [5, 5.41) is 4.20. The first kappa shape index (κ1) is 11.7. The summed E-state index contributed by atoms with van der Waals surface area (Å²) in [6, 6.07) is -0.737. The monoisotopic (exact) mass is 211 g/mol. The number of nitrogens with two attached hydrogens (primary N) is 1. The SMILES string of the molecule is CCOC(=O)C(N)c1c(C)nn(C)c1C. The number of aryl methyl sites for hydroxylation is 2. The van der Waals surface area contributed by atoms with Crippen molar-refractivity contribution in [2.45, 2.75) is 26.8 Å². The molecule has 5 nitrogen and oxygen atoms in total. The van der Waals surface area contributed by atoms with E-state index in [1.54, 1.807) is 11.6 Å². The first-order valence-corrected chi connectivity index (χ1v) is 4.91. The number of aromatic nitrogens is 2. The molecule has 1 aromatic heterocycles. The normalized spacial score (nSPS) is 12.6. The molecule has 0 amide bonds. The second kappa shape index (κ2) is 4.44. The highest BCUT2D eigenvalue weighted by Crippen LogP contribution is 2.20. The van der Waals surface area contributed by atoms with E-state index in [-0.39, 0.29) is 0 Å². The average molecular weight is 211 g/mol. The fourth-order valence-corrected chi connectivity index (χ4v) is 1.59. The molecule has 0 aliphatic heterocycles. The van der Waals surface area contributed by atoms with Crippen LogP contribution in [0.2, 0.25) is 0 Å². The molecule has 1 atom stereocenters. The molecule has 84 valence electrons. The topological polar surface area (TPSA) is 70.1 Å². The van der Waals surface area contributed by atoms with Gasteiger partial charge in [0.2, 0.25) is 0 Å². The predicted molar refractivity (Wildman–Crippen MR) is 56.2 cm³/mol. The maximum Gasteiger partial charge on any atom is 0.327 e. The molecule has 1 rings (SSSR count). The van der Waals surface area contributed by atoms with E-state index in [4.69, 9.17) is 10.5 Å². The predicted octanol–water partition coefficient (Wildman–Crippen LogP) is 0.600. The Bertz CT molecular complexity index is 371. The molecule has 0 radical (unpaired) electrons. The number of hydrogen-bond acceptors (Lipinski definition) is 4. The van der Waals surface area contributed by atoms with E-state index in [1.165, 1.54) is 0 Å². The van der Waals surface area contributed by atoms with E-state index in [1.807, 2.05) is 20.9 Å². The maximum atomic E-state index is 11.5. The maximum absolute atomic E-state index is 11.5. The van der Waals surface area contributed by atoms with Crippen molar-refractivity contribution in [2.75, 3.05) is 6.61 Å². The van der Waals surface area contributed by atoms with Crippen LogP contribution < -0.4 is 5.73 Å². The molecular weight excluding hydrogens is 194 g/mol. The Morgan fingerprint density at radius 3 is 2.60 bits per heavy atom. The van der Waals surface area contributed by atoms with E-state index >= 15 is 0 Å². The Labute approximate surface area is 89.2 Å². The Hall–Kier alpha value is -1.36. The van der Waals surface area contributed by atoms with Gasteiger partial charge in [0.1, 0.15) is 6.04 Å². The highest BCUT2D eigenvalue weighted by molar-refractivity contribution is 5.78. The smallest absolute Gasteiger partial charge is 0.327 e. The van der Waals surface area contributed by atoms with Gasteiger partial charge in [-0.15, -0.1) is 0 Å². The van der Waals surface area contributed by atoms with E-state index in [0.717, 1.165) is 17.0 Å². The Kier molecular flexibility index (Phi) is 3.47. The third-order valence-corrected chi connectivity index (χ3v) is 2.42. The Morgan fingerprint density at radius 1 is 1.60 bits per heavy atom. The van der Waals surface area contributed by atoms with Gasteiger partial charge in [0.25, 0.3) is 0 Å². The van der Waals surface area contributed by atoms with Crippen LogP contribution in [-0.4, -0.2) is 22.4 Å². The van der Waals surface area contributed by atoms with Gasteiger partial charge in [-0.3, -0.25) is 4.68 Å². The number of carbonyl (C=O) groups is 1. The molecule has 0 saturated carbocycles. The van der Waals surface area contributed by atoms with E-state index in [0.29, 0.717) is 6.61 Å². The summed E-state index contributed by atoms with van der Waals surface area (Å²) >= 11 is 0. The van der Waals surface area contributed by atoms with Gasteiger partial charge in [-0.2, -0.15) is 5.10 Å². The van der Waals surface area contributed by atoms with Crippen LogP contribution in [0.15, 0.2) is 0 Å². The van der Waals surface area contributed by atoms with Crippen molar-refractivity contribution in [2.24, 2.45) is 12.8 Å². The fourth-order valence-electron chi connectivity index (χ4n) is 1.59. The lowest BCUT2D eigenvalue weighted by molar-refractivity contribution is -0.144. The van der Waals surface area contributed by atoms with Gasteiger partial charge in [-0.25, -0.2) is 4.79 Å². The van der Waals surface area contributed by atoms with Crippen LogP contribution in [0.5, 0.6) is 0 Å². The first-order valence-electron chi connectivity index (χ1n) is 4.91. The molecule has 2 N–H and O–H groups in total. The molecule has 0 spiro atoms. The van der Waals surface area contributed by atoms with Crippen molar-refractivity contribution >= 4 is 5.97 Å². The number of esters is 1. The number of carbonyl (C=O) groups excluding carboxylic acids is 1. The summed E-state index contributed by atoms with van der Waals surface area (Å²) in [6.07, 6.45) is 0. The largest absolute Gasteiger partial charge is 0.465 e. The zero-order valence-electron chi connectivity index (χ0n) is 9.57. The number of hydrogen-bond donors (Lipinski definition) is 1. The van der Waals surface area contributed by atoms with Gasteiger partial charge in [-0.1, -0.05) is 0 Å². The van der Waals surface area contributed by atoms with Gasteiger partial charge in [0.15, 0.2) is 0 Å². The minimum atomic E-state index is -0.737. The van der Waals surface area contributed by atoms with Crippen molar-refractivity contribution in [3.8, 4) is 0 Å². The van der Waals surface area contributed by atoms with Crippen LogP contribution in [0.1, 0.15) is 29.9 Å². The van der Waals surface area contributed by atoms with E-state index in [9.17, 15) is 4.79 Å². The summed E-state index contributed by atoms with van der Waals surface area (Å²) in [4.78, 5) is 11.5. The van der Waals surface area contributed by atoms with E-state index in [2.05, 4.69) is 5.10 Å². The second-order valence-corrected chi connectivity index (χ2v) is 3.44. The zero-order valence-corrected chi connectivity index (χ0v) is 9.57. The van der Waals surface area contributed by atoms with Crippen molar-refractivity contribution < 1.29 is 9.53 Å². The lowest BCUT2D eigenvalue weighted by Crippen LogP contribution is -2.24. The Balaban J connectivity index is 3.00. The van der Waals surface area contributed by atoms with Crippen LogP contribution >= 0.6 is 0 Å². The lowest BCUT2D eigenvalue weighted by Gasteiger charge is -2.10. The minimum Gasteiger partial charge on any atom is -0.465 e.